The van der Waals surface area contributed by atoms with Crippen LogP contribution in [0.3, 0.4) is 0 Å². The smallest absolute Gasteiger partial charge is 0.164 e. The number of nitriles is 1. The van der Waals surface area contributed by atoms with E-state index in [2.05, 4.69) is 21.6 Å². The van der Waals surface area contributed by atoms with Gasteiger partial charge in [0.1, 0.15) is 24.0 Å². The molecule has 1 N–H and O–H groups in total. The SMILES string of the molecule is COCc1cc(C)nc(N/N=C\c2ccc(OCc3ccc(Cl)cc3Cl)cc2)c1C#N. The summed E-state index contributed by atoms with van der Waals surface area (Å²) >= 11 is 12.1. The minimum Gasteiger partial charge on any atom is -0.489 e. The zero-order valence-corrected chi connectivity index (χ0v) is 18.5. The van der Waals surface area contributed by atoms with E-state index in [-0.39, 0.29) is 0 Å². The van der Waals surface area contributed by atoms with Crippen LogP contribution < -0.4 is 10.2 Å². The highest BCUT2D eigenvalue weighted by atomic mass is 35.5. The van der Waals surface area contributed by atoms with Gasteiger partial charge in [0.15, 0.2) is 5.82 Å². The molecule has 0 saturated carbocycles. The molecule has 158 valence electrons. The molecule has 6 nitrogen and oxygen atoms in total. The molecule has 0 atom stereocenters. The summed E-state index contributed by atoms with van der Waals surface area (Å²) in [6, 6.07) is 16.7. The Bertz CT molecular complexity index is 1130. The van der Waals surface area contributed by atoms with Gasteiger partial charge in [-0.25, -0.2) is 4.98 Å². The van der Waals surface area contributed by atoms with Gasteiger partial charge < -0.3 is 9.47 Å². The van der Waals surface area contributed by atoms with Gasteiger partial charge in [-0.05, 0) is 55.0 Å². The number of nitrogens with one attached hydrogen (secondary N) is 1. The van der Waals surface area contributed by atoms with E-state index in [1.165, 1.54) is 0 Å². The van der Waals surface area contributed by atoms with E-state index in [0.717, 1.165) is 22.4 Å². The second-order valence-electron chi connectivity index (χ2n) is 6.65. The number of ether oxygens (including phenoxy) is 2. The lowest BCUT2D eigenvalue weighted by Gasteiger charge is -2.09. The number of halogens is 2. The molecule has 31 heavy (non-hydrogen) atoms. The maximum absolute atomic E-state index is 9.46. The average Bonchev–Trinajstić information content (AvgIpc) is 2.74. The van der Waals surface area contributed by atoms with E-state index in [0.29, 0.717) is 40.4 Å². The van der Waals surface area contributed by atoms with Crippen LogP contribution >= 0.6 is 23.2 Å². The summed E-state index contributed by atoms with van der Waals surface area (Å²) in [5.74, 6) is 1.10. The van der Waals surface area contributed by atoms with E-state index in [4.69, 9.17) is 32.7 Å². The summed E-state index contributed by atoms with van der Waals surface area (Å²) in [4.78, 5) is 4.36. The number of anilines is 1. The molecule has 0 fully saturated rings. The average molecular weight is 455 g/mol. The minimum atomic E-state index is 0.327. The Hall–Kier alpha value is -3.11. The van der Waals surface area contributed by atoms with E-state index < -0.39 is 0 Å². The number of rotatable bonds is 8. The van der Waals surface area contributed by atoms with E-state index in [1.54, 1.807) is 25.5 Å². The van der Waals surface area contributed by atoms with Crippen molar-refractivity contribution >= 4 is 35.2 Å². The van der Waals surface area contributed by atoms with Gasteiger partial charge in [-0.2, -0.15) is 10.4 Å². The van der Waals surface area contributed by atoms with Crippen LogP contribution in [-0.2, 0) is 18.0 Å². The number of hydrogen-bond donors (Lipinski definition) is 1. The number of benzene rings is 2. The molecule has 0 amide bonds. The van der Waals surface area contributed by atoms with Crippen molar-refractivity contribution in [2.75, 3.05) is 12.5 Å². The molecule has 0 spiro atoms. The van der Waals surface area contributed by atoms with Crippen LogP contribution in [0.15, 0.2) is 53.6 Å². The van der Waals surface area contributed by atoms with Gasteiger partial charge in [-0.15, -0.1) is 0 Å². The largest absolute Gasteiger partial charge is 0.489 e. The lowest BCUT2D eigenvalue weighted by atomic mass is 10.1. The molecule has 0 radical (unpaired) electrons. The van der Waals surface area contributed by atoms with Gasteiger partial charge >= 0.3 is 0 Å². The van der Waals surface area contributed by atoms with Gasteiger partial charge in [0.2, 0.25) is 0 Å². The highest BCUT2D eigenvalue weighted by Gasteiger charge is 2.10. The highest BCUT2D eigenvalue weighted by molar-refractivity contribution is 6.35. The predicted octanol–water partition coefficient (Wildman–Crippen LogP) is 5.74. The third-order valence-corrected chi connectivity index (χ3v) is 4.90. The van der Waals surface area contributed by atoms with Crippen LogP contribution in [0, 0.1) is 18.3 Å². The second-order valence-corrected chi connectivity index (χ2v) is 7.50. The molecule has 8 heteroatoms. The summed E-state index contributed by atoms with van der Waals surface area (Å²) in [6.45, 7) is 2.52. The third-order valence-electron chi connectivity index (χ3n) is 4.31. The van der Waals surface area contributed by atoms with Crippen molar-refractivity contribution in [3.63, 3.8) is 0 Å². The maximum atomic E-state index is 9.46. The second kappa shape index (κ2) is 10.8. The lowest BCUT2D eigenvalue weighted by Crippen LogP contribution is -2.03. The summed E-state index contributed by atoms with van der Waals surface area (Å²) in [6.07, 6.45) is 1.64. The predicted molar refractivity (Wildman–Crippen MR) is 123 cm³/mol. The van der Waals surface area contributed by atoms with E-state index in [9.17, 15) is 5.26 Å². The number of aryl methyl sites for hydroxylation is 1. The van der Waals surface area contributed by atoms with Crippen molar-refractivity contribution < 1.29 is 9.47 Å². The van der Waals surface area contributed by atoms with Gasteiger partial charge in [0.05, 0.1) is 12.8 Å². The van der Waals surface area contributed by atoms with Crippen LogP contribution in [0.25, 0.3) is 0 Å². The van der Waals surface area contributed by atoms with Crippen molar-refractivity contribution in [1.29, 1.82) is 5.26 Å². The molecule has 0 unspecified atom stereocenters. The summed E-state index contributed by atoms with van der Waals surface area (Å²) in [5, 5.41) is 14.8. The Balaban J connectivity index is 1.63. The van der Waals surface area contributed by atoms with Crippen LogP contribution in [-0.4, -0.2) is 18.3 Å². The van der Waals surface area contributed by atoms with Crippen molar-refractivity contribution in [3.8, 4) is 11.8 Å². The molecule has 3 rings (SSSR count). The Morgan fingerprint density at radius 3 is 2.55 bits per heavy atom. The van der Waals surface area contributed by atoms with Crippen LogP contribution in [0.5, 0.6) is 5.75 Å². The molecule has 0 aliphatic carbocycles. The Kier molecular flexibility index (Phi) is 7.85. The Morgan fingerprint density at radius 2 is 1.87 bits per heavy atom. The fourth-order valence-electron chi connectivity index (χ4n) is 2.83. The summed E-state index contributed by atoms with van der Waals surface area (Å²) in [7, 11) is 1.58. The minimum absolute atomic E-state index is 0.327. The zero-order valence-electron chi connectivity index (χ0n) is 17.0. The molecular formula is C23H20Cl2N4O2. The topological polar surface area (TPSA) is 79.5 Å². The van der Waals surface area contributed by atoms with Gasteiger partial charge in [0.25, 0.3) is 0 Å². The monoisotopic (exact) mass is 454 g/mol. The van der Waals surface area contributed by atoms with Gasteiger partial charge in [-0.1, -0.05) is 29.3 Å². The third kappa shape index (κ3) is 6.19. The lowest BCUT2D eigenvalue weighted by molar-refractivity contribution is 0.184. The van der Waals surface area contributed by atoms with Crippen molar-refractivity contribution in [3.05, 3.63) is 86.5 Å². The number of nitrogens with zero attached hydrogens (tertiary/aromatic N) is 3. The highest BCUT2D eigenvalue weighted by Crippen LogP contribution is 2.23. The number of hydrogen-bond acceptors (Lipinski definition) is 6. The number of pyridine rings is 1. The van der Waals surface area contributed by atoms with Gasteiger partial charge in [-0.3, -0.25) is 5.43 Å². The zero-order chi connectivity index (χ0) is 22.2. The molecule has 1 heterocycles. The first-order chi connectivity index (χ1) is 15.0. The number of aromatic nitrogens is 1. The summed E-state index contributed by atoms with van der Waals surface area (Å²) in [5.41, 5.74) is 6.50. The van der Waals surface area contributed by atoms with Crippen molar-refractivity contribution in [1.82, 2.24) is 4.98 Å². The number of hydrazone groups is 1. The fraction of sp³-hybridized carbons (Fsp3) is 0.174. The Labute approximate surface area is 191 Å². The standard InChI is InChI=1S/C23H20Cl2N4O2/c1-15-9-18(13-30-2)21(11-26)23(28-15)29-27-12-16-3-7-20(8-4-16)31-14-17-5-6-19(24)10-22(17)25/h3-10,12H,13-14H2,1-2H3,(H,28,29)/b27-12-. The first-order valence-corrected chi connectivity index (χ1v) is 10.1. The molecule has 3 aromatic rings. The van der Waals surface area contributed by atoms with Crippen LogP contribution in [0.4, 0.5) is 5.82 Å². The normalized spacial score (nSPS) is 10.8. The summed E-state index contributed by atoms with van der Waals surface area (Å²) < 4.78 is 10.9. The first-order valence-electron chi connectivity index (χ1n) is 9.35. The van der Waals surface area contributed by atoms with Crippen molar-refractivity contribution in [2.45, 2.75) is 20.1 Å². The van der Waals surface area contributed by atoms with Crippen LogP contribution in [0.1, 0.15) is 27.9 Å². The molecule has 1 aromatic heterocycles. The molecular weight excluding hydrogens is 435 g/mol. The molecule has 0 aliphatic heterocycles. The number of methoxy groups -OCH3 is 1. The fourth-order valence-corrected chi connectivity index (χ4v) is 3.30. The van der Waals surface area contributed by atoms with Crippen LogP contribution in [0.2, 0.25) is 10.0 Å². The molecule has 2 aromatic carbocycles. The van der Waals surface area contributed by atoms with Gasteiger partial charge in [0, 0.05) is 34.0 Å². The van der Waals surface area contributed by atoms with Crippen molar-refractivity contribution in [2.24, 2.45) is 5.10 Å². The van der Waals surface area contributed by atoms with E-state index in [1.807, 2.05) is 43.3 Å². The molecule has 0 bridgehead atoms. The molecule has 0 aliphatic rings. The first kappa shape index (κ1) is 22.6. The maximum Gasteiger partial charge on any atom is 0.164 e. The quantitative estimate of drug-likeness (QED) is 0.346. The Morgan fingerprint density at radius 1 is 1.10 bits per heavy atom. The van der Waals surface area contributed by atoms with E-state index >= 15 is 0 Å². The molecule has 0 saturated heterocycles.